The molecule has 0 aliphatic carbocycles. The first-order chi connectivity index (χ1) is 23.3. The van der Waals surface area contributed by atoms with E-state index in [0.717, 1.165) is 66.0 Å². The van der Waals surface area contributed by atoms with E-state index in [2.05, 4.69) is 146 Å². The smallest absolute Gasteiger partial charge is 0.143 e. The molecule has 0 amide bonds. The van der Waals surface area contributed by atoms with Gasteiger partial charge in [-0.25, -0.2) is 0 Å². The third-order valence-electron chi connectivity index (χ3n) is 9.86. The normalized spacial score (nSPS) is 12.6. The Kier molecular flexibility index (Phi) is 5.08. The van der Waals surface area contributed by atoms with E-state index in [0.29, 0.717) is 0 Å². The van der Waals surface area contributed by atoms with Crippen molar-refractivity contribution in [3.63, 3.8) is 0 Å². The van der Waals surface area contributed by atoms with Gasteiger partial charge in [-0.1, -0.05) is 103 Å². The van der Waals surface area contributed by atoms with Crippen LogP contribution in [0.25, 0.3) is 98.8 Å². The second-order valence-electron chi connectivity index (χ2n) is 12.4. The van der Waals surface area contributed by atoms with Gasteiger partial charge in [-0.05, 0) is 98.8 Å². The summed E-state index contributed by atoms with van der Waals surface area (Å²) in [5.74, 6) is 0. The predicted molar refractivity (Wildman–Crippen MR) is 196 cm³/mol. The van der Waals surface area contributed by atoms with Crippen LogP contribution in [0.5, 0.6) is 0 Å². The Morgan fingerprint density at radius 1 is 0.362 bits per heavy atom. The first-order valence-corrected chi connectivity index (χ1v) is 16.7. The van der Waals surface area contributed by atoms with E-state index in [-0.39, 0.29) is 0 Å². The topological polar surface area (TPSA) is 26.3 Å². The number of benzene rings is 8. The van der Waals surface area contributed by atoms with Crippen molar-refractivity contribution in [3.05, 3.63) is 146 Å². The van der Waals surface area contributed by atoms with Crippen LogP contribution in [0.3, 0.4) is 0 Å². The van der Waals surface area contributed by atoms with Crippen LogP contribution < -0.4 is 0 Å². The molecule has 0 saturated heterocycles. The van der Waals surface area contributed by atoms with Crippen molar-refractivity contribution in [2.24, 2.45) is 0 Å². The van der Waals surface area contributed by atoms with Crippen LogP contribution in [0.2, 0.25) is 0 Å². The molecule has 1 aliphatic rings. The first kappa shape index (κ1) is 25.4. The van der Waals surface area contributed by atoms with Gasteiger partial charge in [-0.15, -0.1) is 0 Å². The predicted octanol–water partition coefficient (Wildman–Crippen LogP) is 13.3. The molecule has 0 saturated carbocycles. The third-order valence-corrected chi connectivity index (χ3v) is 11.0. The van der Waals surface area contributed by atoms with Gasteiger partial charge in [0.15, 0.2) is 0 Å². The summed E-state index contributed by atoms with van der Waals surface area (Å²) in [6.45, 7) is 0. The molecule has 8 aromatic carbocycles. The lowest BCUT2D eigenvalue weighted by Crippen LogP contribution is -1.93. The molecule has 0 bridgehead atoms. The standard InChI is InChI=1S/C44H24O2S/c1-2-9-31-25(6-1)14-20-35-43-30(10-5-12-37(43)46-44(31)35)29-16-19-33-32-18-15-28(23-38(32)45-39(33)24-29)27-17-21-40-36(22-27)34-11-3-7-26-8-4-13-41(47-40)42(26)34/h1-24H. The van der Waals surface area contributed by atoms with Gasteiger partial charge in [-0.3, -0.25) is 0 Å². The summed E-state index contributed by atoms with van der Waals surface area (Å²) < 4.78 is 13.1. The van der Waals surface area contributed by atoms with Gasteiger partial charge in [0.2, 0.25) is 0 Å². The van der Waals surface area contributed by atoms with Crippen LogP contribution in [0.4, 0.5) is 0 Å². The maximum atomic E-state index is 6.59. The van der Waals surface area contributed by atoms with Gasteiger partial charge >= 0.3 is 0 Å². The summed E-state index contributed by atoms with van der Waals surface area (Å²) in [5, 5.41) is 9.46. The Morgan fingerprint density at radius 3 is 1.98 bits per heavy atom. The zero-order valence-electron chi connectivity index (χ0n) is 25.1. The van der Waals surface area contributed by atoms with Crippen molar-refractivity contribution in [2.45, 2.75) is 9.79 Å². The van der Waals surface area contributed by atoms with Crippen molar-refractivity contribution >= 4 is 77.2 Å². The molecule has 11 rings (SSSR count). The summed E-state index contributed by atoms with van der Waals surface area (Å²) in [4.78, 5) is 2.62. The van der Waals surface area contributed by atoms with Gasteiger partial charge in [0, 0.05) is 42.1 Å². The van der Waals surface area contributed by atoms with Crippen molar-refractivity contribution in [3.8, 4) is 33.4 Å². The lowest BCUT2D eigenvalue weighted by molar-refractivity contribution is 0.669. The number of rotatable bonds is 2. The van der Waals surface area contributed by atoms with E-state index >= 15 is 0 Å². The molecule has 3 heterocycles. The van der Waals surface area contributed by atoms with Crippen LogP contribution in [-0.4, -0.2) is 0 Å². The van der Waals surface area contributed by atoms with Crippen LogP contribution in [0, 0.1) is 0 Å². The summed E-state index contributed by atoms with van der Waals surface area (Å²) in [7, 11) is 0. The highest BCUT2D eigenvalue weighted by molar-refractivity contribution is 7.99. The molecule has 1 aliphatic heterocycles. The second kappa shape index (κ2) is 9.38. The highest BCUT2D eigenvalue weighted by atomic mass is 32.2. The highest BCUT2D eigenvalue weighted by Crippen LogP contribution is 2.49. The number of hydrogen-bond donors (Lipinski definition) is 0. The zero-order chi connectivity index (χ0) is 30.6. The minimum Gasteiger partial charge on any atom is -0.456 e. The molecule has 0 unspecified atom stereocenters. The molecule has 0 N–H and O–H groups in total. The van der Waals surface area contributed by atoms with Crippen LogP contribution in [0.1, 0.15) is 0 Å². The Morgan fingerprint density at radius 2 is 1.06 bits per heavy atom. The molecule has 2 nitrogen and oxygen atoms in total. The molecule has 10 aromatic rings. The van der Waals surface area contributed by atoms with Gasteiger partial charge < -0.3 is 8.83 Å². The molecule has 47 heavy (non-hydrogen) atoms. The zero-order valence-corrected chi connectivity index (χ0v) is 25.9. The van der Waals surface area contributed by atoms with Crippen molar-refractivity contribution in [1.29, 1.82) is 0 Å². The van der Waals surface area contributed by atoms with Crippen molar-refractivity contribution in [2.75, 3.05) is 0 Å². The molecule has 0 radical (unpaired) electrons. The quantitative estimate of drug-likeness (QED) is 0.193. The first-order valence-electron chi connectivity index (χ1n) is 15.9. The number of fused-ring (bicyclic) bond motifs is 10. The Hall–Kier alpha value is -5.77. The molecule has 3 heteroatoms. The van der Waals surface area contributed by atoms with Crippen molar-refractivity contribution < 1.29 is 8.83 Å². The fourth-order valence-corrected chi connectivity index (χ4v) is 8.79. The van der Waals surface area contributed by atoms with E-state index < -0.39 is 0 Å². The van der Waals surface area contributed by atoms with Gasteiger partial charge in [0.25, 0.3) is 0 Å². The Labute approximate surface area is 273 Å². The van der Waals surface area contributed by atoms with E-state index in [1.165, 1.54) is 42.6 Å². The third kappa shape index (κ3) is 3.63. The maximum Gasteiger partial charge on any atom is 0.143 e. The maximum absolute atomic E-state index is 6.59. The summed E-state index contributed by atoms with van der Waals surface area (Å²) in [5.41, 5.74) is 10.8. The molecule has 2 aromatic heterocycles. The highest BCUT2D eigenvalue weighted by Gasteiger charge is 2.20. The van der Waals surface area contributed by atoms with Crippen LogP contribution in [0.15, 0.2) is 164 Å². The fraction of sp³-hybridized carbons (Fsp3) is 0. The lowest BCUT2D eigenvalue weighted by atomic mass is 9.94. The monoisotopic (exact) mass is 616 g/mol. The molecule has 0 atom stereocenters. The Bertz CT molecular complexity index is 2940. The van der Waals surface area contributed by atoms with Crippen LogP contribution in [-0.2, 0) is 0 Å². The number of hydrogen-bond acceptors (Lipinski definition) is 3. The number of furan rings is 2. The molecule has 0 fully saturated rings. The second-order valence-corrected chi connectivity index (χ2v) is 13.5. The summed E-state index contributed by atoms with van der Waals surface area (Å²) >= 11 is 1.86. The van der Waals surface area contributed by atoms with E-state index in [9.17, 15) is 0 Å². The molecular weight excluding hydrogens is 593 g/mol. The molecule has 0 spiro atoms. The largest absolute Gasteiger partial charge is 0.456 e. The van der Waals surface area contributed by atoms with Crippen molar-refractivity contribution in [1.82, 2.24) is 0 Å². The summed E-state index contributed by atoms with van der Waals surface area (Å²) in [6.07, 6.45) is 0. The van der Waals surface area contributed by atoms with Gasteiger partial charge in [0.1, 0.15) is 22.3 Å². The average Bonchev–Trinajstić information content (AvgIpc) is 3.69. The minimum absolute atomic E-state index is 0.884. The molecule has 218 valence electrons. The molecular formula is C44H24O2S. The van der Waals surface area contributed by atoms with E-state index in [4.69, 9.17) is 8.83 Å². The van der Waals surface area contributed by atoms with E-state index in [1.54, 1.807) is 0 Å². The van der Waals surface area contributed by atoms with Crippen LogP contribution >= 0.6 is 11.8 Å². The minimum atomic E-state index is 0.884. The Balaban J connectivity index is 1.03. The average molecular weight is 617 g/mol. The van der Waals surface area contributed by atoms with E-state index in [1.807, 2.05) is 11.8 Å². The fourth-order valence-electron chi connectivity index (χ4n) is 7.66. The van der Waals surface area contributed by atoms with Gasteiger partial charge in [0.05, 0.1) is 0 Å². The summed E-state index contributed by atoms with van der Waals surface area (Å²) in [6, 6.07) is 52.4. The SMILES string of the molecule is c1cc2c3c(cccc3c1)-c1cc(-c3ccc4c(c3)oc3cc(-c5cccc6oc7c8ccccc8ccc7c56)ccc34)ccc1S2. The lowest BCUT2D eigenvalue weighted by Gasteiger charge is -2.21. The van der Waals surface area contributed by atoms with Gasteiger partial charge in [-0.2, -0.15) is 0 Å².